The van der Waals surface area contributed by atoms with Gasteiger partial charge < -0.3 is 9.88 Å². The van der Waals surface area contributed by atoms with Gasteiger partial charge in [-0.3, -0.25) is 0 Å². The quantitative estimate of drug-likeness (QED) is 0.904. The lowest BCUT2D eigenvalue weighted by Crippen LogP contribution is -2.11. The highest BCUT2D eigenvalue weighted by Crippen LogP contribution is 2.21. The Labute approximate surface area is 121 Å². The van der Waals surface area contributed by atoms with Crippen molar-refractivity contribution in [2.45, 2.75) is 46.1 Å². The van der Waals surface area contributed by atoms with Crippen LogP contribution in [0.3, 0.4) is 0 Å². The molecule has 1 fully saturated rings. The van der Waals surface area contributed by atoms with Crippen LogP contribution in [0.1, 0.15) is 37.6 Å². The van der Waals surface area contributed by atoms with E-state index in [0.717, 1.165) is 30.8 Å². The molecule has 0 saturated carbocycles. The maximum atomic E-state index is 4.90. The van der Waals surface area contributed by atoms with Crippen molar-refractivity contribution in [1.29, 1.82) is 0 Å². The summed E-state index contributed by atoms with van der Waals surface area (Å²) in [5.41, 5.74) is 3.76. The lowest BCUT2D eigenvalue weighted by molar-refractivity contribution is 0.513. The zero-order valence-electron chi connectivity index (χ0n) is 12.7. The smallest absolute Gasteiger partial charge is 0.109 e. The van der Waals surface area contributed by atoms with E-state index in [2.05, 4.69) is 41.9 Å². The second-order valence-corrected chi connectivity index (χ2v) is 6.07. The van der Waals surface area contributed by atoms with Gasteiger partial charge in [-0.1, -0.05) is 13.0 Å². The summed E-state index contributed by atoms with van der Waals surface area (Å²) in [6.07, 6.45) is 4.86. The average Bonchev–Trinajstić information content (AvgIpc) is 3.05. The second kappa shape index (κ2) is 5.96. The summed E-state index contributed by atoms with van der Waals surface area (Å²) in [6.45, 7) is 7.84. The highest BCUT2D eigenvalue weighted by atomic mass is 15.1. The molecule has 1 N–H and O–H groups in total. The highest BCUT2D eigenvalue weighted by Gasteiger charge is 2.16. The van der Waals surface area contributed by atoms with E-state index in [1.807, 2.05) is 0 Å². The van der Waals surface area contributed by atoms with E-state index >= 15 is 0 Å². The molecule has 2 heterocycles. The van der Waals surface area contributed by atoms with Crippen LogP contribution in [0.25, 0.3) is 11.0 Å². The van der Waals surface area contributed by atoms with E-state index in [4.69, 9.17) is 4.98 Å². The molecule has 0 bridgehead atoms. The first-order valence-electron chi connectivity index (χ1n) is 7.94. The number of benzene rings is 1. The summed E-state index contributed by atoms with van der Waals surface area (Å²) in [4.78, 5) is 4.90. The van der Waals surface area contributed by atoms with Crippen LogP contribution in [0.15, 0.2) is 18.2 Å². The van der Waals surface area contributed by atoms with Crippen LogP contribution >= 0.6 is 0 Å². The minimum absolute atomic E-state index is 0.839. The molecule has 0 aliphatic carbocycles. The van der Waals surface area contributed by atoms with Crippen LogP contribution in [0.2, 0.25) is 0 Å². The number of aryl methyl sites for hydroxylation is 3. The molecule has 3 rings (SSSR count). The Morgan fingerprint density at radius 3 is 3.05 bits per heavy atom. The van der Waals surface area contributed by atoms with Gasteiger partial charge in [0, 0.05) is 13.0 Å². The first-order chi connectivity index (χ1) is 9.78. The normalized spacial score (nSPS) is 19.0. The molecular weight excluding hydrogens is 246 g/mol. The van der Waals surface area contributed by atoms with Crippen molar-refractivity contribution in [3.05, 3.63) is 29.6 Å². The predicted octanol–water partition coefficient (Wildman–Crippen LogP) is 3.30. The lowest BCUT2D eigenvalue weighted by Gasteiger charge is -2.10. The van der Waals surface area contributed by atoms with E-state index in [1.165, 1.54) is 42.8 Å². The van der Waals surface area contributed by atoms with Gasteiger partial charge in [0.25, 0.3) is 0 Å². The average molecular weight is 271 g/mol. The summed E-state index contributed by atoms with van der Waals surface area (Å²) in [6, 6.07) is 6.64. The lowest BCUT2D eigenvalue weighted by atomic mass is 10.0. The summed E-state index contributed by atoms with van der Waals surface area (Å²) in [5, 5.41) is 3.46. The molecule has 0 spiro atoms. The number of fused-ring (bicyclic) bond motifs is 1. The molecule has 1 aliphatic heterocycles. The minimum Gasteiger partial charge on any atom is -0.328 e. The Morgan fingerprint density at radius 2 is 2.30 bits per heavy atom. The fourth-order valence-corrected chi connectivity index (χ4v) is 3.25. The van der Waals surface area contributed by atoms with Crippen LogP contribution in [0.5, 0.6) is 0 Å². The zero-order valence-corrected chi connectivity index (χ0v) is 12.7. The third kappa shape index (κ3) is 2.73. The molecule has 1 saturated heterocycles. The Bertz CT molecular complexity index is 579. The van der Waals surface area contributed by atoms with Crippen molar-refractivity contribution in [2.75, 3.05) is 13.1 Å². The largest absolute Gasteiger partial charge is 0.328 e. The van der Waals surface area contributed by atoms with Gasteiger partial charge in [0.2, 0.25) is 0 Å². The van der Waals surface area contributed by atoms with Gasteiger partial charge in [-0.2, -0.15) is 0 Å². The van der Waals surface area contributed by atoms with Crippen molar-refractivity contribution in [2.24, 2.45) is 5.92 Å². The molecule has 108 valence electrons. The maximum Gasteiger partial charge on any atom is 0.109 e. The Balaban J connectivity index is 1.85. The molecule has 1 atom stereocenters. The molecule has 1 aromatic heterocycles. The third-order valence-corrected chi connectivity index (χ3v) is 4.37. The van der Waals surface area contributed by atoms with E-state index < -0.39 is 0 Å². The molecule has 1 unspecified atom stereocenters. The number of rotatable bonds is 5. The van der Waals surface area contributed by atoms with Crippen LogP contribution in [-0.4, -0.2) is 22.6 Å². The van der Waals surface area contributed by atoms with Crippen molar-refractivity contribution >= 4 is 11.0 Å². The number of nitrogens with zero attached hydrogens (tertiary/aromatic N) is 2. The fraction of sp³-hybridized carbons (Fsp3) is 0.588. The van der Waals surface area contributed by atoms with Crippen molar-refractivity contribution in [3.8, 4) is 0 Å². The van der Waals surface area contributed by atoms with E-state index in [-0.39, 0.29) is 0 Å². The van der Waals surface area contributed by atoms with Gasteiger partial charge in [0.1, 0.15) is 5.82 Å². The molecular formula is C17H25N3. The van der Waals surface area contributed by atoms with E-state index in [9.17, 15) is 0 Å². The number of aromatic nitrogens is 2. The van der Waals surface area contributed by atoms with Gasteiger partial charge in [-0.15, -0.1) is 0 Å². The molecule has 2 aromatic rings. The third-order valence-electron chi connectivity index (χ3n) is 4.37. The minimum atomic E-state index is 0.839. The topological polar surface area (TPSA) is 29.9 Å². The summed E-state index contributed by atoms with van der Waals surface area (Å²) in [5.74, 6) is 2.12. The number of imidazole rings is 1. The van der Waals surface area contributed by atoms with Crippen LogP contribution < -0.4 is 5.32 Å². The van der Waals surface area contributed by atoms with Gasteiger partial charge >= 0.3 is 0 Å². The Morgan fingerprint density at radius 1 is 1.40 bits per heavy atom. The van der Waals surface area contributed by atoms with Crippen molar-refractivity contribution in [1.82, 2.24) is 14.9 Å². The van der Waals surface area contributed by atoms with Crippen LogP contribution in [-0.2, 0) is 13.0 Å². The first-order valence-corrected chi connectivity index (χ1v) is 7.94. The molecule has 1 aliphatic rings. The molecule has 3 heteroatoms. The molecule has 0 amide bonds. The second-order valence-electron chi connectivity index (χ2n) is 6.07. The van der Waals surface area contributed by atoms with Gasteiger partial charge in [-0.25, -0.2) is 4.98 Å². The molecule has 1 aromatic carbocycles. The standard InChI is InChI=1S/C17H25N3/c1-3-10-20-16-6-4-13(2)11-15(16)19-17(20)7-5-14-8-9-18-12-14/h4,6,11,14,18H,3,5,7-10,12H2,1-2H3. The van der Waals surface area contributed by atoms with Gasteiger partial charge in [0.15, 0.2) is 0 Å². The van der Waals surface area contributed by atoms with Crippen LogP contribution in [0.4, 0.5) is 0 Å². The number of nitrogens with one attached hydrogen (secondary N) is 1. The van der Waals surface area contributed by atoms with Crippen molar-refractivity contribution < 1.29 is 0 Å². The summed E-state index contributed by atoms with van der Waals surface area (Å²) < 4.78 is 2.43. The number of hydrogen-bond donors (Lipinski definition) is 1. The molecule has 0 radical (unpaired) electrons. The monoisotopic (exact) mass is 271 g/mol. The van der Waals surface area contributed by atoms with E-state index in [1.54, 1.807) is 0 Å². The SMILES string of the molecule is CCCn1c(CCC2CCNC2)nc2cc(C)ccc21. The highest BCUT2D eigenvalue weighted by molar-refractivity contribution is 5.76. The Hall–Kier alpha value is -1.35. The van der Waals surface area contributed by atoms with Crippen LogP contribution in [0, 0.1) is 12.8 Å². The Kier molecular flexibility index (Phi) is 4.06. The van der Waals surface area contributed by atoms with Gasteiger partial charge in [0.05, 0.1) is 11.0 Å². The van der Waals surface area contributed by atoms with Crippen molar-refractivity contribution in [3.63, 3.8) is 0 Å². The number of hydrogen-bond acceptors (Lipinski definition) is 2. The van der Waals surface area contributed by atoms with E-state index in [0.29, 0.717) is 0 Å². The predicted molar refractivity (Wildman–Crippen MR) is 84.1 cm³/mol. The fourth-order valence-electron chi connectivity index (χ4n) is 3.25. The summed E-state index contributed by atoms with van der Waals surface area (Å²) >= 11 is 0. The summed E-state index contributed by atoms with van der Waals surface area (Å²) in [7, 11) is 0. The molecule has 20 heavy (non-hydrogen) atoms. The zero-order chi connectivity index (χ0) is 13.9. The molecule has 3 nitrogen and oxygen atoms in total. The maximum absolute atomic E-state index is 4.90. The first kappa shape index (κ1) is 13.6. The van der Waals surface area contributed by atoms with Gasteiger partial charge in [-0.05, 0) is 62.9 Å².